The smallest absolute Gasteiger partial charge is 0.255 e. The number of amides is 1. The topological polar surface area (TPSA) is 44.1 Å². The Kier molecular flexibility index (Phi) is 6.60. The first-order valence-electron chi connectivity index (χ1n) is 12.7. The molecule has 4 heterocycles. The lowest BCUT2D eigenvalue weighted by Gasteiger charge is -2.38. The summed E-state index contributed by atoms with van der Waals surface area (Å²) in [6.45, 7) is 9.90. The van der Waals surface area contributed by atoms with E-state index in [9.17, 15) is 9.18 Å². The molecule has 2 aromatic rings. The fourth-order valence-electron chi connectivity index (χ4n) is 4.86. The Labute approximate surface area is 206 Å². The first-order valence-corrected chi connectivity index (χ1v) is 12.7. The van der Waals surface area contributed by atoms with E-state index in [-0.39, 0.29) is 5.91 Å². The van der Waals surface area contributed by atoms with Crippen LogP contribution in [0.3, 0.4) is 0 Å². The van der Waals surface area contributed by atoms with Gasteiger partial charge in [0, 0.05) is 62.6 Å². The zero-order chi connectivity index (χ0) is 24.5. The monoisotopic (exact) mass is 475 g/mol. The SMILES string of the molecule is CCC/C=C1\C=CC(N2CCN(C3CC3)CC2)=CN1C(=O)/C=C(\C)c1cc(F)c2nc(C)cn2c1. The Morgan fingerprint density at radius 3 is 2.66 bits per heavy atom. The molecule has 0 spiro atoms. The lowest BCUT2D eigenvalue weighted by molar-refractivity contribution is -0.122. The Balaban J connectivity index is 1.38. The molecule has 184 valence electrons. The van der Waals surface area contributed by atoms with Crippen molar-refractivity contribution in [3.05, 3.63) is 77.4 Å². The molecule has 0 unspecified atom stereocenters. The molecule has 0 bridgehead atoms. The maximum absolute atomic E-state index is 14.6. The van der Waals surface area contributed by atoms with Gasteiger partial charge in [0.05, 0.1) is 11.4 Å². The van der Waals surface area contributed by atoms with Crippen molar-refractivity contribution in [3.63, 3.8) is 0 Å². The summed E-state index contributed by atoms with van der Waals surface area (Å²) in [7, 11) is 0. The van der Waals surface area contributed by atoms with Crippen LogP contribution >= 0.6 is 0 Å². The van der Waals surface area contributed by atoms with Crippen molar-refractivity contribution >= 4 is 17.1 Å². The molecular formula is C28H34FN5O. The van der Waals surface area contributed by atoms with Gasteiger partial charge in [-0.15, -0.1) is 0 Å². The van der Waals surface area contributed by atoms with Crippen molar-refractivity contribution < 1.29 is 9.18 Å². The van der Waals surface area contributed by atoms with Gasteiger partial charge in [0.1, 0.15) is 0 Å². The van der Waals surface area contributed by atoms with Crippen molar-refractivity contribution in [1.29, 1.82) is 0 Å². The number of aromatic nitrogens is 2. The Hall–Kier alpha value is -3.19. The summed E-state index contributed by atoms with van der Waals surface area (Å²) in [5.74, 6) is -0.529. The summed E-state index contributed by atoms with van der Waals surface area (Å²) in [5, 5.41) is 0. The Bertz CT molecular complexity index is 1240. The van der Waals surface area contributed by atoms with Gasteiger partial charge in [-0.05, 0) is 62.5 Å². The molecule has 7 heteroatoms. The highest BCUT2D eigenvalue weighted by Crippen LogP contribution is 2.29. The molecule has 1 amide bonds. The van der Waals surface area contributed by atoms with Crippen molar-refractivity contribution in [2.75, 3.05) is 26.2 Å². The van der Waals surface area contributed by atoms with Crippen molar-refractivity contribution in [2.45, 2.75) is 52.5 Å². The number of piperazine rings is 1. The number of aryl methyl sites for hydroxylation is 1. The summed E-state index contributed by atoms with van der Waals surface area (Å²) in [6, 6.07) is 2.24. The zero-order valence-corrected chi connectivity index (χ0v) is 20.9. The molecule has 1 saturated heterocycles. The third kappa shape index (κ3) is 5.10. The zero-order valence-electron chi connectivity index (χ0n) is 20.9. The molecule has 5 rings (SSSR count). The van der Waals surface area contributed by atoms with Gasteiger partial charge in [0.15, 0.2) is 11.5 Å². The first kappa shape index (κ1) is 23.5. The average Bonchev–Trinajstić information content (AvgIpc) is 3.63. The molecular weight excluding hydrogens is 441 g/mol. The molecule has 2 aromatic heterocycles. The van der Waals surface area contributed by atoms with Gasteiger partial charge < -0.3 is 9.30 Å². The molecule has 3 aliphatic rings. The molecule has 6 nitrogen and oxygen atoms in total. The highest BCUT2D eigenvalue weighted by atomic mass is 19.1. The van der Waals surface area contributed by atoms with Gasteiger partial charge >= 0.3 is 0 Å². The number of rotatable bonds is 6. The highest BCUT2D eigenvalue weighted by molar-refractivity contribution is 5.97. The van der Waals surface area contributed by atoms with Crippen LogP contribution < -0.4 is 0 Å². The molecule has 1 saturated carbocycles. The predicted octanol–water partition coefficient (Wildman–Crippen LogP) is 4.89. The minimum Gasteiger partial charge on any atom is -0.368 e. The van der Waals surface area contributed by atoms with Crippen LogP contribution in [-0.2, 0) is 4.79 Å². The van der Waals surface area contributed by atoms with Crippen molar-refractivity contribution in [3.8, 4) is 0 Å². The van der Waals surface area contributed by atoms with E-state index in [4.69, 9.17) is 0 Å². The van der Waals surface area contributed by atoms with E-state index in [0.29, 0.717) is 16.8 Å². The van der Waals surface area contributed by atoms with Crippen LogP contribution in [0, 0.1) is 12.7 Å². The number of pyridine rings is 1. The minimum atomic E-state index is -0.396. The van der Waals surface area contributed by atoms with E-state index in [1.807, 2.05) is 32.3 Å². The lowest BCUT2D eigenvalue weighted by atomic mass is 10.1. The number of halogens is 1. The summed E-state index contributed by atoms with van der Waals surface area (Å²) in [4.78, 5) is 24.4. The fraction of sp³-hybridized carbons (Fsp3) is 0.429. The van der Waals surface area contributed by atoms with Gasteiger partial charge in [0.25, 0.3) is 5.91 Å². The second kappa shape index (κ2) is 9.82. The van der Waals surface area contributed by atoms with Crippen LogP contribution in [0.25, 0.3) is 11.2 Å². The van der Waals surface area contributed by atoms with E-state index in [2.05, 4.69) is 33.9 Å². The maximum atomic E-state index is 14.6. The van der Waals surface area contributed by atoms with E-state index >= 15 is 0 Å². The average molecular weight is 476 g/mol. The molecule has 2 fully saturated rings. The van der Waals surface area contributed by atoms with Crippen LogP contribution in [0.4, 0.5) is 4.39 Å². The van der Waals surface area contributed by atoms with E-state index in [0.717, 1.165) is 62.2 Å². The summed E-state index contributed by atoms with van der Waals surface area (Å²) in [5.41, 5.74) is 4.36. The van der Waals surface area contributed by atoms with Crippen LogP contribution in [0.1, 0.15) is 50.8 Å². The van der Waals surface area contributed by atoms with Crippen molar-refractivity contribution in [1.82, 2.24) is 24.1 Å². The van der Waals surface area contributed by atoms with Crippen LogP contribution in [0.15, 0.2) is 60.4 Å². The third-order valence-electron chi connectivity index (χ3n) is 7.01. The molecule has 0 N–H and O–H groups in total. The number of unbranched alkanes of at least 4 members (excludes halogenated alkanes) is 1. The number of hydrogen-bond donors (Lipinski definition) is 0. The summed E-state index contributed by atoms with van der Waals surface area (Å²) >= 11 is 0. The molecule has 0 radical (unpaired) electrons. The number of carbonyl (C=O) groups excluding carboxylic acids is 1. The molecule has 0 aromatic carbocycles. The largest absolute Gasteiger partial charge is 0.368 e. The van der Waals surface area contributed by atoms with Crippen LogP contribution in [-0.4, -0.2) is 62.2 Å². The van der Waals surface area contributed by atoms with Crippen molar-refractivity contribution in [2.24, 2.45) is 0 Å². The lowest BCUT2D eigenvalue weighted by Crippen LogP contribution is -2.47. The van der Waals surface area contributed by atoms with Gasteiger partial charge in [-0.1, -0.05) is 19.4 Å². The van der Waals surface area contributed by atoms with Crippen LogP contribution in [0.5, 0.6) is 0 Å². The van der Waals surface area contributed by atoms with Gasteiger partial charge in [-0.25, -0.2) is 9.37 Å². The summed E-state index contributed by atoms with van der Waals surface area (Å²) < 4.78 is 16.3. The number of imidazole rings is 1. The Morgan fingerprint density at radius 2 is 1.94 bits per heavy atom. The Morgan fingerprint density at radius 1 is 1.17 bits per heavy atom. The number of allylic oxidation sites excluding steroid dienone is 4. The predicted molar refractivity (Wildman–Crippen MR) is 137 cm³/mol. The normalized spacial score (nSPS) is 20.7. The molecule has 2 aliphatic heterocycles. The maximum Gasteiger partial charge on any atom is 0.255 e. The summed E-state index contributed by atoms with van der Waals surface area (Å²) in [6.07, 6.45) is 18.0. The number of fused-ring (bicyclic) bond motifs is 1. The van der Waals surface area contributed by atoms with Gasteiger partial charge in [-0.2, -0.15) is 0 Å². The first-order chi connectivity index (χ1) is 16.9. The standard InChI is InChI=1S/C28H34FN5O/c1-4-5-6-24-9-10-25(32-13-11-31(12-14-32)23-7-8-23)19-34(24)27(35)15-20(2)22-16-26(29)28-30-21(3)17-33(28)18-22/h6,9-10,15-19,23H,4-5,7-8,11-14H2,1-3H3/b20-15+,24-6+. The number of hydrogen-bond acceptors (Lipinski definition) is 4. The van der Waals surface area contributed by atoms with E-state index < -0.39 is 5.82 Å². The fourth-order valence-corrected chi connectivity index (χ4v) is 4.86. The molecule has 0 atom stereocenters. The quantitative estimate of drug-likeness (QED) is 0.558. The second-order valence-electron chi connectivity index (χ2n) is 9.78. The molecule has 35 heavy (non-hydrogen) atoms. The van der Waals surface area contributed by atoms with Crippen LogP contribution in [0.2, 0.25) is 0 Å². The second-order valence-corrected chi connectivity index (χ2v) is 9.78. The minimum absolute atomic E-state index is 0.134. The van der Waals surface area contributed by atoms with Gasteiger partial charge in [-0.3, -0.25) is 14.6 Å². The van der Waals surface area contributed by atoms with Gasteiger partial charge in [0.2, 0.25) is 0 Å². The third-order valence-corrected chi connectivity index (χ3v) is 7.01. The number of nitrogens with zero attached hydrogens (tertiary/aromatic N) is 5. The van der Waals surface area contributed by atoms with E-state index in [1.54, 1.807) is 21.6 Å². The molecule has 1 aliphatic carbocycles. The van der Waals surface area contributed by atoms with E-state index in [1.165, 1.54) is 18.9 Å². The highest BCUT2D eigenvalue weighted by Gasteiger charge is 2.32. The number of carbonyl (C=O) groups is 1.